The molecule has 0 spiro atoms. The lowest BCUT2D eigenvalue weighted by Gasteiger charge is -2.09. The summed E-state index contributed by atoms with van der Waals surface area (Å²) >= 11 is 6.21. The van der Waals surface area contributed by atoms with Crippen molar-refractivity contribution in [3.8, 4) is 11.3 Å². The third-order valence-electron chi connectivity index (χ3n) is 4.42. The topological polar surface area (TPSA) is 51.1 Å². The van der Waals surface area contributed by atoms with Crippen LogP contribution in [0.5, 0.6) is 0 Å². The number of aromatic nitrogens is 1. The van der Waals surface area contributed by atoms with Crippen molar-refractivity contribution < 1.29 is 9.59 Å². The van der Waals surface area contributed by atoms with E-state index in [4.69, 9.17) is 11.6 Å². The average Bonchev–Trinajstić information content (AvgIpc) is 2.90. The molecule has 2 aromatic carbocycles. The first-order valence-corrected chi connectivity index (χ1v) is 8.98. The smallest absolute Gasteiger partial charge is 0.268 e. The van der Waals surface area contributed by atoms with E-state index in [2.05, 4.69) is 5.32 Å². The molecule has 1 aromatic heterocycles. The van der Waals surface area contributed by atoms with Gasteiger partial charge in [-0.05, 0) is 31.0 Å². The first-order valence-electron chi connectivity index (χ1n) is 8.60. The zero-order valence-corrected chi connectivity index (χ0v) is 15.6. The number of nitrogens with zero attached hydrogens (tertiary/aromatic N) is 1. The molecule has 0 aliphatic heterocycles. The van der Waals surface area contributed by atoms with E-state index in [1.165, 1.54) is 0 Å². The molecule has 26 heavy (non-hydrogen) atoms. The molecule has 0 unspecified atom stereocenters. The van der Waals surface area contributed by atoms with Crippen LogP contribution in [0.2, 0.25) is 5.02 Å². The fraction of sp³-hybridized carbons (Fsp3) is 0.238. The van der Waals surface area contributed by atoms with Crippen molar-refractivity contribution >= 4 is 34.1 Å². The quantitative estimate of drug-likeness (QED) is 0.646. The largest absolute Gasteiger partial charge is 0.351 e. The highest BCUT2D eigenvalue weighted by Gasteiger charge is 2.21. The highest BCUT2D eigenvalue weighted by Crippen LogP contribution is 2.35. The molecule has 1 heterocycles. The van der Waals surface area contributed by atoms with Crippen LogP contribution in [0, 0.1) is 0 Å². The first-order chi connectivity index (χ1) is 12.5. The lowest BCUT2D eigenvalue weighted by molar-refractivity contribution is -0.117. The summed E-state index contributed by atoms with van der Waals surface area (Å²) in [6.07, 6.45) is 1.11. The highest BCUT2D eigenvalue weighted by molar-refractivity contribution is 6.31. The minimum Gasteiger partial charge on any atom is -0.351 e. The van der Waals surface area contributed by atoms with E-state index in [-0.39, 0.29) is 11.7 Å². The Bertz CT molecular complexity index is 961. The minimum atomic E-state index is -0.148. The van der Waals surface area contributed by atoms with Gasteiger partial charge in [0.15, 0.2) is 0 Å². The van der Waals surface area contributed by atoms with Gasteiger partial charge in [0.1, 0.15) is 11.5 Å². The predicted octanol–water partition coefficient (Wildman–Crippen LogP) is 4.60. The predicted molar refractivity (Wildman–Crippen MR) is 106 cm³/mol. The van der Waals surface area contributed by atoms with Gasteiger partial charge in [0.05, 0.1) is 5.69 Å². The van der Waals surface area contributed by atoms with E-state index in [0.717, 1.165) is 22.0 Å². The number of carbonyl (C=O) groups excluding carboxylic acids is 2. The molecule has 0 aliphatic carbocycles. The number of carbonyl (C=O) groups is 2. The monoisotopic (exact) mass is 368 g/mol. The lowest BCUT2D eigenvalue weighted by atomic mass is 10.1. The summed E-state index contributed by atoms with van der Waals surface area (Å²) in [5, 5.41) is 5.36. The molecule has 1 N–H and O–H groups in total. The first kappa shape index (κ1) is 18.2. The Balaban J connectivity index is 2.02. The second-order valence-electron chi connectivity index (χ2n) is 6.37. The van der Waals surface area contributed by atoms with Crippen LogP contribution in [-0.4, -0.2) is 22.8 Å². The highest BCUT2D eigenvalue weighted by atomic mass is 35.5. The second-order valence-corrected chi connectivity index (χ2v) is 6.81. The van der Waals surface area contributed by atoms with Crippen molar-refractivity contribution in [2.24, 2.45) is 7.05 Å². The Labute approximate surface area is 157 Å². The van der Waals surface area contributed by atoms with Gasteiger partial charge in [-0.15, -0.1) is 0 Å². The Hall–Kier alpha value is -2.59. The summed E-state index contributed by atoms with van der Waals surface area (Å²) in [6.45, 7) is 2.03. The normalized spacial score (nSPS) is 10.9. The van der Waals surface area contributed by atoms with Crippen LogP contribution in [0.25, 0.3) is 22.0 Å². The number of hydrogen-bond donors (Lipinski definition) is 1. The number of halogens is 1. The molecule has 3 aromatic rings. The molecule has 0 bridgehead atoms. The molecular weight excluding hydrogens is 348 g/mol. The number of nitrogens with one attached hydrogen (secondary N) is 1. The average molecular weight is 369 g/mol. The number of benzene rings is 2. The van der Waals surface area contributed by atoms with Crippen LogP contribution in [0.15, 0.2) is 48.5 Å². The van der Waals surface area contributed by atoms with Gasteiger partial charge in [0.2, 0.25) is 0 Å². The van der Waals surface area contributed by atoms with E-state index in [1.54, 1.807) is 13.0 Å². The second kappa shape index (κ2) is 7.75. The van der Waals surface area contributed by atoms with Crippen molar-refractivity contribution in [1.82, 2.24) is 9.88 Å². The van der Waals surface area contributed by atoms with Gasteiger partial charge < -0.3 is 14.7 Å². The summed E-state index contributed by atoms with van der Waals surface area (Å²) in [5.74, 6) is -0.0184. The number of ketones is 1. The van der Waals surface area contributed by atoms with Crippen molar-refractivity contribution in [3.63, 3.8) is 0 Å². The Morgan fingerprint density at radius 2 is 1.81 bits per heavy atom. The molecule has 0 saturated heterocycles. The van der Waals surface area contributed by atoms with Crippen LogP contribution in [0.4, 0.5) is 0 Å². The van der Waals surface area contributed by atoms with Crippen LogP contribution >= 0.6 is 11.6 Å². The van der Waals surface area contributed by atoms with Gasteiger partial charge in [0, 0.05) is 35.8 Å². The van der Waals surface area contributed by atoms with Gasteiger partial charge in [-0.25, -0.2) is 0 Å². The fourth-order valence-corrected chi connectivity index (χ4v) is 3.41. The molecule has 0 atom stereocenters. The van der Waals surface area contributed by atoms with Crippen molar-refractivity contribution in [2.75, 3.05) is 6.54 Å². The minimum absolute atomic E-state index is 0.129. The van der Waals surface area contributed by atoms with Crippen LogP contribution in [0.3, 0.4) is 0 Å². The third-order valence-corrected chi connectivity index (χ3v) is 4.65. The molecule has 1 amide bonds. The molecule has 0 saturated carbocycles. The van der Waals surface area contributed by atoms with Gasteiger partial charge >= 0.3 is 0 Å². The maximum atomic E-state index is 12.8. The number of amides is 1. The zero-order valence-electron chi connectivity index (χ0n) is 14.9. The summed E-state index contributed by atoms with van der Waals surface area (Å²) in [7, 11) is 1.89. The van der Waals surface area contributed by atoms with Crippen molar-refractivity contribution in [3.05, 3.63) is 59.2 Å². The Morgan fingerprint density at radius 3 is 2.50 bits per heavy atom. The molecule has 3 rings (SSSR count). The molecule has 0 fully saturated rings. The maximum Gasteiger partial charge on any atom is 0.268 e. The Morgan fingerprint density at radius 1 is 1.08 bits per heavy atom. The lowest BCUT2D eigenvalue weighted by Crippen LogP contribution is -2.27. The summed E-state index contributed by atoms with van der Waals surface area (Å²) in [5.41, 5.74) is 2.58. The molecule has 0 radical (unpaired) electrons. The number of rotatable bonds is 6. The molecule has 4 nitrogen and oxygen atoms in total. The van der Waals surface area contributed by atoms with E-state index in [9.17, 15) is 9.59 Å². The maximum absolute atomic E-state index is 12.8. The van der Waals surface area contributed by atoms with Crippen LogP contribution in [-0.2, 0) is 11.8 Å². The van der Waals surface area contributed by atoms with Crippen molar-refractivity contribution in [1.29, 1.82) is 0 Å². The van der Waals surface area contributed by atoms with E-state index < -0.39 is 0 Å². The summed E-state index contributed by atoms with van der Waals surface area (Å²) in [6, 6.07) is 15.5. The van der Waals surface area contributed by atoms with Crippen molar-refractivity contribution in [2.45, 2.75) is 19.8 Å². The molecule has 5 heteroatoms. The summed E-state index contributed by atoms with van der Waals surface area (Å²) < 4.78 is 1.91. The van der Waals surface area contributed by atoms with Crippen LogP contribution < -0.4 is 5.32 Å². The van der Waals surface area contributed by atoms with E-state index in [0.29, 0.717) is 30.1 Å². The van der Waals surface area contributed by atoms with Gasteiger partial charge in [-0.1, -0.05) is 48.0 Å². The standard InChI is InChI=1S/C21H21ClN2O2/c1-14(25)7-6-12-23-21(26)20-17-11-10-16(22)13-18(17)19(24(20)2)15-8-4-3-5-9-15/h3-5,8-11,13H,6-7,12H2,1-2H3,(H,23,26). The molecular formula is C21H21ClN2O2. The number of Topliss-reactive ketones (excluding diaryl/α,β-unsaturated/α-hetero) is 1. The van der Waals surface area contributed by atoms with E-state index >= 15 is 0 Å². The number of hydrogen-bond acceptors (Lipinski definition) is 2. The summed E-state index contributed by atoms with van der Waals surface area (Å²) in [4.78, 5) is 23.9. The SMILES string of the molecule is CC(=O)CCCNC(=O)c1c2ccc(Cl)cc2c(-c2ccccc2)n1C. The fourth-order valence-electron chi connectivity index (χ4n) is 3.23. The Kier molecular flexibility index (Phi) is 5.43. The van der Waals surface area contributed by atoms with Gasteiger partial charge in [-0.3, -0.25) is 4.79 Å². The van der Waals surface area contributed by atoms with E-state index in [1.807, 2.05) is 54.1 Å². The van der Waals surface area contributed by atoms with Crippen LogP contribution in [0.1, 0.15) is 30.3 Å². The number of fused-ring (bicyclic) bond motifs is 1. The third kappa shape index (κ3) is 3.65. The molecule has 134 valence electrons. The van der Waals surface area contributed by atoms with Gasteiger partial charge in [0.25, 0.3) is 5.91 Å². The zero-order chi connectivity index (χ0) is 18.7. The molecule has 0 aliphatic rings. The van der Waals surface area contributed by atoms with Gasteiger partial charge in [-0.2, -0.15) is 0 Å².